The number of nitrogens with one attached hydrogen (secondary N) is 5. The summed E-state index contributed by atoms with van der Waals surface area (Å²) in [5.41, 5.74) is 42.6. The molecule has 1 heterocycles. The number of aliphatic hydroxyl groups excluding tert-OH is 1. The Morgan fingerprint density at radius 1 is 0.597 bits per heavy atom. The number of pyridine rings is 1. The lowest BCUT2D eigenvalue weighted by atomic mass is 9.92. The van der Waals surface area contributed by atoms with Crippen LogP contribution in [-0.2, 0) is 41.1 Å². The van der Waals surface area contributed by atoms with Crippen molar-refractivity contribution in [3.8, 4) is 0 Å². The fourth-order valence-electron chi connectivity index (χ4n) is 6.07. The topological polar surface area (TPSA) is 483 Å². The fourth-order valence-corrected chi connectivity index (χ4v) is 6.07. The van der Waals surface area contributed by atoms with Gasteiger partial charge < -0.3 is 88.2 Å². The average Bonchev–Trinajstić information content (AvgIpc) is 3.25. The summed E-state index contributed by atoms with van der Waals surface area (Å²) in [5.74, 6) is -11.8. The van der Waals surface area contributed by atoms with Gasteiger partial charge in [-0.2, -0.15) is 26.3 Å². The van der Waals surface area contributed by atoms with Crippen molar-refractivity contribution in [2.24, 2.45) is 77.0 Å². The summed E-state index contributed by atoms with van der Waals surface area (Å²) < 4.78 is 85.5. The Bertz CT molecular complexity index is 2610. The molecule has 0 bridgehead atoms. The summed E-state index contributed by atoms with van der Waals surface area (Å²) in [6.45, 7) is 4.61. The van der Waals surface area contributed by atoms with Crippen molar-refractivity contribution in [1.29, 1.82) is 0 Å². The Hall–Kier alpha value is -8.91. The van der Waals surface area contributed by atoms with Crippen molar-refractivity contribution in [3.05, 3.63) is 71.4 Å². The molecule has 27 nitrogen and oxygen atoms in total. The van der Waals surface area contributed by atoms with Gasteiger partial charge in [-0.1, -0.05) is 63.2 Å². The second-order valence-electron chi connectivity index (χ2n) is 16.2. The second-order valence-corrected chi connectivity index (χ2v) is 16.2. The molecule has 2 aromatic carbocycles. The lowest BCUT2D eigenvalue weighted by molar-refractivity contribution is -0.142. The fraction of sp³-hybridized carbons (Fsp3) is 0.359. The van der Waals surface area contributed by atoms with E-state index < -0.39 is 148 Å². The number of benzene rings is 2. The highest BCUT2D eigenvalue weighted by Crippen LogP contribution is 2.41. The number of nitrogens with zero attached hydrogens (tertiary/aromatic N) is 6. The molecule has 392 valence electrons. The molecule has 0 fully saturated rings. The number of halogens is 6. The first-order chi connectivity index (χ1) is 33.2. The average molecular weight is 1030 g/mol. The van der Waals surface area contributed by atoms with E-state index in [0.717, 1.165) is 12.1 Å². The normalized spacial score (nSPS) is 14.0. The number of alkyl halides is 6. The SMILES string of the molecule is CC(C)(C)CCN(c1cc(C(F)(F)F)nc2c(C(F)(F)F)cccc12)C(O)C(=O)NC(C(=O)NC(N=C(N)N)C(=O)NC(N=C(N)N)C(=O)NC(N=C(N)N)C(=O)NC(N=C(N)N)C(N)=O)c1ccccc1. The highest BCUT2D eigenvalue weighted by Gasteiger charge is 2.40. The van der Waals surface area contributed by atoms with Gasteiger partial charge in [0, 0.05) is 11.9 Å². The second kappa shape index (κ2) is 23.6. The number of aromatic nitrogens is 1. The summed E-state index contributed by atoms with van der Waals surface area (Å²) in [7, 11) is 0. The quantitative estimate of drug-likeness (QED) is 0.0222. The van der Waals surface area contributed by atoms with Gasteiger partial charge in [0.25, 0.3) is 29.5 Å². The number of guanidine groups is 4. The number of primary amides is 1. The van der Waals surface area contributed by atoms with Gasteiger partial charge in [-0.15, -0.1) is 0 Å². The molecule has 0 saturated carbocycles. The molecule has 3 rings (SSSR count). The van der Waals surface area contributed by atoms with Gasteiger partial charge in [0.05, 0.1) is 16.8 Å². The van der Waals surface area contributed by atoms with Crippen molar-refractivity contribution in [1.82, 2.24) is 31.6 Å². The van der Waals surface area contributed by atoms with E-state index in [1.807, 2.05) is 16.0 Å². The zero-order valence-electron chi connectivity index (χ0n) is 38.1. The molecule has 0 spiro atoms. The van der Waals surface area contributed by atoms with Gasteiger partial charge in [0.15, 0.2) is 23.8 Å². The largest absolute Gasteiger partial charge is 0.433 e. The number of fused-ring (bicyclic) bond motifs is 1. The van der Waals surface area contributed by atoms with Crippen LogP contribution in [0.15, 0.2) is 74.6 Å². The van der Waals surface area contributed by atoms with E-state index in [9.17, 15) is 60.2 Å². The maximum absolute atomic E-state index is 14.3. The molecule has 0 aliphatic heterocycles. The number of anilines is 1. The molecule has 0 saturated heterocycles. The smallest absolute Gasteiger partial charge is 0.370 e. The Balaban J connectivity index is 2.08. The third-order valence-corrected chi connectivity index (χ3v) is 9.28. The van der Waals surface area contributed by atoms with Crippen molar-refractivity contribution in [2.45, 2.75) is 76.5 Å². The number of rotatable bonds is 20. The van der Waals surface area contributed by atoms with Gasteiger partial charge in [-0.25, -0.2) is 25.0 Å². The molecule has 0 radical (unpaired) electrons. The van der Waals surface area contributed by atoms with Crippen LogP contribution in [0.25, 0.3) is 10.9 Å². The standard InChI is InChI=1S/C39H52F6N20O7/c1-37(2,3)12-13-65(18-14-19(39(43,44)45)55-21-16(18)10-7-11-17(21)38(40,41)42)32(72)31(71)56-20(15-8-5-4-6-9-15)27(67)58-24(62-34(49)50)29(69)60-26(64-36(53)54)30(70)59-25(63-35(51)52)28(68)57-23(22(46)66)61-33(47)48/h4-11,14,20,23-26,32,72H,12-13H2,1-3H3,(H2,46,66)(H,56,71)(H,57,68)(H,58,67)(H,59,70)(H,60,69)(H4,47,48,61)(H4,49,50,62)(H4,51,52,63)(H4,53,54,64). The molecule has 72 heavy (non-hydrogen) atoms. The van der Waals surface area contributed by atoms with Crippen LogP contribution in [0.4, 0.5) is 32.0 Å². The van der Waals surface area contributed by atoms with E-state index in [2.05, 4.69) is 35.6 Å². The Kier molecular flexibility index (Phi) is 18.8. The Morgan fingerprint density at radius 3 is 1.46 bits per heavy atom. The van der Waals surface area contributed by atoms with Gasteiger partial charge in [-0.3, -0.25) is 28.8 Å². The predicted molar refractivity (Wildman–Crippen MR) is 247 cm³/mol. The summed E-state index contributed by atoms with van der Waals surface area (Å²) >= 11 is 0. The zero-order chi connectivity index (χ0) is 54.6. The van der Waals surface area contributed by atoms with Crippen LogP contribution in [0.3, 0.4) is 0 Å². The Morgan fingerprint density at radius 2 is 1.04 bits per heavy atom. The van der Waals surface area contributed by atoms with Crippen molar-refractivity contribution in [3.63, 3.8) is 0 Å². The van der Waals surface area contributed by atoms with Crippen molar-refractivity contribution >= 4 is 75.9 Å². The number of hydrogen-bond donors (Lipinski definition) is 15. The lowest BCUT2D eigenvalue weighted by Gasteiger charge is -2.34. The highest BCUT2D eigenvalue weighted by molar-refractivity contribution is 6.00. The maximum Gasteiger partial charge on any atom is 0.433 e. The zero-order valence-corrected chi connectivity index (χ0v) is 38.1. The maximum atomic E-state index is 14.3. The van der Waals surface area contributed by atoms with E-state index in [-0.39, 0.29) is 12.0 Å². The molecule has 24 N–H and O–H groups in total. The summed E-state index contributed by atoms with van der Waals surface area (Å²) in [5, 5.41) is 21.4. The summed E-state index contributed by atoms with van der Waals surface area (Å²) in [4.78, 5) is 98.7. The van der Waals surface area contributed by atoms with Crippen LogP contribution in [0, 0.1) is 5.41 Å². The van der Waals surface area contributed by atoms with Gasteiger partial charge >= 0.3 is 12.4 Å². The lowest BCUT2D eigenvalue weighted by Crippen LogP contribution is -2.58. The number of aliphatic imine (C=N–C) groups is 4. The molecule has 33 heteroatoms. The van der Waals surface area contributed by atoms with Crippen LogP contribution in [-0.4, -0.2) is 107 Å². The molecule has 6 amide bonds. The number of amides is 6. The van der Waals surface area contributed by atoms with Crippen molar-refractivity contribution in [2.75, 3.05) is 11.4 Å². The van der Waals surface area contributed by atoms with Gasteiger partial charge in [-0.05, 0) is 29.5 Å². The monoisotopic (exact) mass is 1030 g/mol. The summed E-state index contributed by atoms with van der Waals surface area (Å²) in [6, 6.07) is 7.62. The van der Waals surface area contributed by atoms with E-state index >= 15 is 0 Å². The van der Waals surface area contributed by atoms with Crippen LogP contribution in [0.1, 0.15) is 50.1 Å². The highest BCUT2D eigenvalue weighted by atomic mass is 19.4. The van der Waals surface area contributed by atoms with Gasteiger partial charge in [0.1, 0.15) is 11.7 Å². The molecule has 6 atom stereocenters. The van der Waals surface area contributed by atoms with Gasteiger partial charge in [0.2, 0.25) is 36.8 Å². The van der Waals surface area contributed by atoms with Crippen molar-refractivity contribution < 1.29 is 60.2 Å². The number of carbonyl (C=O) groups excluding carboxylic acids is 6. The number of aliphatic hydroxyl groups is 1. The van der Waals surface area contributed by atoms with E-state index in [1.165, 1.54) is 30.3 Å². The van der Waals surface area contributed by atoms with E-state index in [4.69, 9.17) is 51.6 Å². The first-order valence-electron chi connectivity index (χ1n) is 20.4. The van der Waals surface area contributed by atoms with Crippen LogP contribution in [0.5, 0.6) is 0 Å². The predicted octanol–water partition coefficient (Wildman–Crippen LogP) is -3.96. The van der Waals surface area contributed by atoms with E-state index in [0.29, 0.717) is 17.0 Å². The molecule has 6 unspecified atom stereocenters. The molecule has 0 aliphatic carbocycles. The molecule has 3 aromatic rings. The number of carbonyl (C=O) groups is 6. The van der Waals surface area contributed by atoms with E-state index in [1.54, 1.807) is 20.8 Å². The minimum absolute atomic E-state index is 0.00949. The third kappa shape index (κ3) is 16.7. The number of hydrogen-bond acceptors (Lipinski definition) is 13. The van der Waals surface area contributed by atoms with Crippen LogP contribution < -0.4 is 83.1 Å². The minimum atomic E-state index is -5.33. The number of para-hydroxylation sites is 1. The molecular weight excluding hydrogens is 975 g/mol. The molecule has 1 aromatic heterocycles. The first-order valence-corrected chi connectivity index (χ1v) is 20.4. The third-order valence-electron chi connectivity index (χ3n) is 9.28. The summed E-state index contributed by atoms with van der Waals surface area (Å²) in [6.07, 6.45) is -21.7. The Labute approximate surface area is 403 Å². The molecule has 0 aliphatic rings. The molecular formula is C39H52F6N20O7. The van der Waals surface area contributed by atoms with Crippen LogP contribution in [0.2, 0.25) is 0 Å². The minimum Gasteiger partial charge on any atom is -0.370 e. The number of nitrogens with two attached hydrogens (primary N) is 9. The first kappa shape index (κ1) is 57.4. The van der Waals surface area contributed by atoms with Crippen LogP contribution >= 0.6 is 0 Å².